The Morgan fingerprint density at radius 2 is 1.88 bits per heavy atom. The van der Waals surface area contributed by atoms with Gasteiger partial charge in [0, 0.05) is 31.6 Å². The summed E-state index contributed by atoms with van der Waals surface area (Å²) in [6.45, 7) is 2.63. The molecule has 0 aliphatic heterocycles. The standard InChI is InChI=1S/C18H22N2O5/c1-13-18(16(21)8-9-20(13)10-11-23-2)25-12-17(22)19-14-4-6-15(24-3)7-5-14/h4-9H,10-12H2,1-3H3,(H,19,22). The zero-order valence-corrected chi connectivity index (χ0v) is 14.6. The molecule has 7 heteroatoms. The molecule has 1 N–H and O–H groups in total. The maximum atomic E-state index is 12.0. The van der Waals surface area contributed by atoms with E-state index in [0.29, 0.717) is 30.3 Å². The highest BCUT2D eigenvalue weighted by atomic mass is 16.5. The van der Waals surface area contributed by atoms with Gasteiger partial charge in [0.2, 0.25) is 5.43 Å². The molecule has 0 saturated carbocycles. The molecule has 0 fully saturated rings. The molecule has 2 rings (SSSR count). The third-order valence-corrected chi connectivity index (χ3v) is 3.65. The highest BCUT2D eigenvalue weighted by Crippen LogP contribution is 2.15. The summed E-state index contributed by atoms with van der Waals surface area (Å²) in [4.78, 5) is 24.0. The molecule has 0 unspecified atom stereocenters. The van der Waals surface area contributed by atoms with Crippen LogP contribution in [0.5, 0.6) is 11.5 Å². The number of rotatable bonds is 8. The highest BCUT2D eigenvalue weighted by Gasteiger charge is 2.11. The second-order valence-corrected chi connectivity index (χ2v) is 5.35. The van der Waals surface area contributed by atoms with E-state index in [-0.39, 0.29) is 23.7 Å². The Bertz CT molecular complexity index is 768. The van der Waals surface area contributed by atoms with Crippen LogP contribution >= 0.6 is 0 Å². The van der Waals surface area contributed by atoms with Gasteiger partial charge in [-0.2, -0.15) is 0 Å². The summed E-state index contributed by atoms with van der Waals surface area (Å²) >= 11 is 0. The van der Waals surface area contributed by atoms with Crippen molar-refractivity contribution in [1.82, 2.24) is 4.57 Å². The Morgan fingerprint density at radius 1 is 1.16 bits per heavy atom. The minimum atomic E-state index is -0.351. The molecule has 1 heterocycles. The minimum absolute atomic E-state index is 0.170. The number of methoxy groups -OCH3 is 2. The zero-order chi connectivity index (χ0) is 18.2. The molecule has 2 aromatic rings. The lowest BCUT2D eigenvalue weighted by atomic mass is 10.3. The predicted molar refractivity (Wildman–Crippen MR) is 94.4 cm³/mol. The average Bonchev–Trinajstić information content (AvgIpc) is 2.61. The van der Waals surface area contributed by atoms with Gasteiger partial charge < -0.3 is 24.1 Å². The fourth-order valence-corrected chi connectivity index (χ4v) is 2.27. The lowest BCUT2D eigenvalue weighted by Crippen LogP contribution is -2.24. The smallest absolute Gasteiger partial charge is 0.262 e. The lowest BCUT2D eigenvalue weighted by molar-refractivity contribution is -0.118. The van der Waals surface area contributed by atoms with Crippen LogP contribution in [-0.2, 0) is 16.1 Å². The SMILES string of the molecule is COCCn1ccc(=O)c(OCC(=O)Nc2ccc(OC)cc2)c1C. The number of amides is 1. The summed E-state index contributed by atoms with van der Waals surface area (Å²) in [7, 11) is 3.18. The van der Waals surface area contributed by atoms with Gasteiger partial charge in [0.15, 0.2) is 12.4 Å². The summed E-state index contributed by atoms with van der Waals surface area (Å²) in [5.41, 5.74) is 1.02. The molecule has 1 aromatic carbocycles. The number of nitrogens with one attached hydrogen (secondary N) is 1. The first kappa shape index (κ1) is 18.5. The maximum Gasteiger partial charge on any atom is 0.262 e. The quantitative estimate of drug-likeness (QED) is 0.789. The molecule has 1 amide bonds. The van der Waals surface area contributed by atoms with Crippen LogP contribution in [0.25, 0.3) is 0 Å². The van der Waals surface area contributed by atoms with E-state index in [4.69, 9.17) is 14.2 Å². The molecule has 1 aromatic heterocycles. The van der Waals surface area contributed by atoms with Crippen molar-refractivity contribution in [3.05, 3.63) is 52.4 Å². The Balaban J connectivity index is 1.99. The first-order valence-electron chi connectivity index (χ1n) is 7.81. The number of hydrogen-bond acceptors (Lipinski definition) is 5. The van der Waals surface area contributed by atoms with Crippen molar-refractivity contribution in [2.24, 2.45) is 0 Å². The number of ether oxygens (including phenoxy) is 3. The van der Waals surface area contributed by atoms with Crippen LogP contribution < -0.4 is 20.2 Å². The van der Waals surface area contributed by atoms with Crippen LogP contribution in [-0.4, -0.2) is 37.9 Å². The Hall–Kier alpha value is -2.80. The molecule has 0 bridgehead atoms. The fraction of sp³-hybridized carbons (Fsp3) is 0.333. The summed E-state index contributed by atoms with van der Waals surface area (Å²) in [6.07, 6.45) is 1.68. The monoisotopic (exact) mass is 346 g/mol. The van der Waals surface area contributed by atoms with Gasteiger partial charge in [-0.05, 0) is 31.2 Å². The van der Waals surface area contributed by atoms with Gasteiger partial charge in [0.25, 0.3) is 5.91 Å². The zero-order valence-electron chi connectivity index (χ0n) is 14.6. The Labute approximate surface area is 146 Å². The first-order valence-corrected chi connectivity index (χ1v) is 7.81. The highest BCUT2D eigenvalue weighted by molar-refractivity contribution is 5.91. The van der Waals surface area contributed by atoms with Crippen LogP contribution in [0.1, 0.15) is 5.69 Å². The van der Waals surface area contributed by atoms with Gasteiger partial charge in [-0.15, -0.1) is 0 Å². The van der Waals surface area contributed by atoms with Crippen molar-refractivity contribution in [2.45, 2.75) is 13.5 Å². The lowest BCUT2D eigenvalue weighted by Gasteiger charge is -2.14. The topological polar surface area (TPSA) is 78.8 Å². The molecule has 0 saturated heterocycles. The first-order chi connectivity index (χ1) is 12.0. The van der Waals surface area contributed by atoms with Crippen molar-refractivity contribution in [2.75, 3.05) is 32.8 Å². The van der Waals surface area contributed by atoms with E-state index < -0.39 is 0 Å². The predicted octanol–water partition coefficient (Wildman–Crippen LogP) is 1.83. The minimum Gasteiger partial charge on any atom is -0.497 e. The number of aromatic nitrogens is 1. The Kier molecular flexibility index (Phi) is 6.59. The summed E-state index contributed by atoms with van der Waals surface area (Å²) < 4.78 is 17.4. The number of pyridine rings is 1. The van der Waals surface area contributed by atoms with E-state index in [1.54, 1.807) is 51.6 Å². The molecule has 0 radical (unpaired) electrons. The van der Waals surface area contributed by atoms with Crippen molar-refractivity contribution in [3.63, 3.8) is 0 Å². The van der Waals surface area contributed by atoms with Gasteiger partial charge in [-0.25, -0.2) is 0 Å². The number of carbonyl (C=O) groups is 1. The Morgan fingerprint density at radius 3 is 2.52 bits per heavy atom. The summed E-state index contributed by atoms with van der Waals surface area (Å²) in [6, 6.07) is 8.35. The molecule has 0 spiro atoms. The van der Waals surface area contributed by atoms with Crippen LogP contribution in [0.3, 0.4) is 0 Å². The molecule has 134 valence electrons. The van der Waals surface area contributed by atoms with Gasteiger partial charge in [0.1, 0.15) is 5.75 Å². The van der Waals surface area contributed by atoms with Gasteiger partial charge in [-0.1, -0.05) is 0 Å². The van der Waals surface area contributed by atoms with Crippen molar-refractivity contribution < 1.29 is 19.0 Å². The van der Waals surface area contributed by atoms with Crippen LogP contribution in [0.4, 0.5) is 5.69 Å². The largest absolute Gasteiger partial charge is 0.497 e. The van der Waals surface area contributed by atoms with Crippen LogP contribution in [0.15, 0.2) is 41.3 Å². The molecule has 0 atom stereocenters. The average molecular weight is 346 g/mol. The third kappa shape index (κ3) is 5.09. The fourth-order valence-electron chi connectivity index (χ4n) is 2.27. The normalized spacial score (nSPS) is 10.4. The number of hydrogen-bond donors (Lipinski definition) is 1. The van der Waals surface area contributed by atoms with E-state index in [0.717, 1.165) is 0 Å². The second kappa shape index (κ2) is 8.89. The number of anilines is 1. The number of benzene rings is 1. The van der Waals surface area contributed by atoms with E-state index in [1.807, 2.05) is 4.57 Å². The van der Waals surface area contributed by atoms with E-state index in [9.17, 15) is 9.59 Å². The maximum absolute atomic E-state index is 12.0. The number of nitrogens with zero attached hydrogens (tertiary/aromatic N) is 1. The van der Waals surface area contributed by atoms with E-state index >= 15 is 0 Å². The molecule has 7 nitrogen and oxygen atoms in total. The van der Waals surface area contributed by atoms with Gasteiger partial charge in [-0.3, -0.25) is 9.59 Å². The number of carbonyl (C=O) groups excluding carboxylic acids is 1. The van der Waals surface area contributed by atoms with Crippen molar-refractivity contribution in [3.8, 4) is 11.5 Å². The van der Waals surface area contributed by atoms with Crippen molar-refractivity contribution in [1.29, 1.82) is 0 Å². The van der Waals surface area contributed by atoms with E-state index in [2.05, 4.69) is 5.32 Å². The molecule has 0 aliphatic carbocycles. The van der Waals surface area contributed by atoms with Crippen LogP contribution in [0, 0.1) is 6.92 Å². The van der Waals surface area contributed by atoms with Crippen LogP contribution in [0.2, 0.25) is 0 Å². The summed E-state index contributed by atoms with van der Waals surface area (Å²) in [5, 5.41) is 2.70. The van der Waals surface area contributed by atoms with E-state index in [1.165, 1.54) is 6.07 Å². The van der Waals surface area contributed by atoms with Crippen molar-refractivity contribution >= 4 is 11.6 Å². The second-order valence-electron chi connectivity index (χ2n) is 5.35. The third-order valence-electron chi connectivity index (χ3n) is 3.65. The molecule has 0 aliphatic rings. The van der Waals surface area contributed by atoms with Gasteiger partial charge in [0.05, 0.1) is 19.4 Å². The summed E-state index contributed by atoms with van der Waals surface area (Å²) in [5.74, 6) is 0.519. The molecule has 25 heavy (non-hydrogen) atoms. The molecular weight excluding hydrogens is 324 g/mol. The molecular formula is C18H22N2O5. The van der Waals surface area contributed by atoms with Gasteiger partial charge >= 0.3 is 0 Å².